The molecule has 2 heterocycles. The highest BCUT2D eigenvalue weighted by Crippen LogP contribution is 2.21. The second-order valence-electron chi connectivity index (χ2n) is 5.04. The molecule has 1 atom stereocenters. The third-order valence-corrected chi connectivity index (χ3v) is 3.62. The Kier molecular flexibility index (Phi) is 4.63. The van der Waals surface area contributed by atoms with Crippen molar-refractivity contribution in [3.8, 4) is 0 Å². The lowest BCUT2D eigenvalue weighted by atomic mass is 9.95. The average Bonchev–Trinajstić information content (AvgIpc) is 2.78. The molecule has 0 aromatic carbocycles. The number of hydrogen-bond donors (Lipinski definition) is 1. The third kappa shape index (κ3) is 3.58. The van der Waals surface area contributed by atoms with Crippen molar-refractivity contribution in [1.82, 2.24) is 4.90 Å². The lowest BCUT2D eigenvalue weighted by molar-refractivity contribution is 0.152. The molecule has 0 aliphatic carbocycles. The molecule has 1 unspecified atom stereocenters. The van der Waals surface area contributed by atoms with E-state index in [4.69, 9.17) is 10.2 Å². The molecule has 2 N–H and O–H groups in total. The van der Waals surface area contributed by atoms with Crippen molar-refractivity contribution in [3.05, 3.63) is 23.7 Å². The van der Waals surface area contributed by atoms with E-state index in [-0.39, 0.29) is 0 Å². The number of aryl methyl sites for hydroxylation is 1. The maximum absolute atomic E-state index is 5.76. The van der Waals surface area contributed by atoms with Gasteiger partial charge in [-0.15, -0.1) is 0 Å². The van der Waals surface area contributed by atoms with Crippen LogP contribution in [0.2, 0.25) is 0 Å². The Labute approximate surface area is 104 Å². The van der Waals surface area contributed by atoms with Crippen LogP contribution in [0.15, 0.2) is 16.5 Å². The molecule has 17 heavy (non-hydrogen) atoms. The van der Waals surface area contributed by atoms with E-state index in [1.165, 1.54) is 25.9 Å². The zero-order valence-corrected chi connectivity index (χ0v) is 10.8. The summed E-state index contributed by atoms with van der Waals surface area (Å²) in [5.41, 5.74) is 5.64. The van der Waals surface area contributed by atoms with Gasteiger partial charge in [-0.05, 0) is 50.4 Å². The van der Waals surface area contributed by atoms with Gasteiger partial charge in [-0.1, -0.05) is 6.92 Å². The Hall–Kier alpha value is -0.800. The van der Waals surface area contributed by atoms with Crippen molar-refractivity contribution in [1.29, 1.82) is 0 Å². The summed E-state index contributed by atoms with van der Waals surface area (Å²) >= 11 is 0. The summed E-state index contributed by atoms with van der Waals surface area (Å²) in [5.74, 6) is 2.99. The molecule has 3 heteroatoms. The maximum Gasteiger partial charge on any atom is 0.118 e. The number of likely N-dealkylation sites (tertiary alicyclic amines) is 1. The third-order valence-electron chi connectivity index (χ3n) is 3.62. The predicted molar refractivity (Wildman–Crippen MR) is 69.8 cm³/mol. The topological polar surface area (TPSA) is 42.4 Å². The molecule has 1 aromatic heterocycles. The van der Waals surface area contributed by atoms with Gasteiger partial charge in [0.1, 0.15) is 11.5 Å². The minimum Gasteiger partial charge on any atom is -0.465 e. The Morgan fingerprint density at radius 1 is 1.41 bits per heavy atom. The van der Waals surface area contributed by atoms with E-state index in [2.05, 4.69) is 24.0 Å². The zero-order chi connectivity index (χ0) is 12.1. The number of rotatable bonds is 5. The standard InChI is InChI=1S/C14H24N2O/c1-2-13-5-6-14(17-13)11-16-9-3-4-12(10-16)7-8-15/h5-6,12H,2-4,7-11,15H2,1H3. The first-order chi connectivity index (χ1) is 8.31. The van der Waals surface area contributed by atoms with Crippen LogP contribution in [-0.2, 0) is 13.0 Å². The predicted octanol–water partition coefficient (Wildman–Crippen LogP) is 2.40. The van der Waals surface area contributed by atoms with Crippen molar-refractivity contribution in [2.75, 3.05) is 19.6 Å². The lowest BCUT2D eigenvalue weighted by Crippen LogP contribution is -2.35. The van der Waals surface area contributed by atoms with Gasteiger partial charge in [0, 0.05) is 13.0 Å². The molecule has 1 aliphatic rings. The van der Waals surface area contributed by atoms with Crippen molar-refractivity contribution >= 4 is 0 Å². The van der Waals surface area contributed by atoms with Crippen LogP contribution in [0.25, 0.3) is 0 Å². The molecule has 3 nitrogen and oxygen atoms in total. The largest absolute Gasteiger partial charge is 0.465 e. The molecule has 96 valence electrons. The van der Waals surface area contributed by atoms with Gasteiger partial charge in [-0.25, -0.2) is 0 Å². The highest BCUT2D eigenvalue weighted by Gasteiger charge is 2.20. The van der Waals surface area contributed by atoms with Crippen LogP contribution in [0.5, 0.6) is 0 Å². The summed E-state index contributed by atoms with van der Waals surface area (Å²) in [6, 6.07) is 4.21. The highest BCUT2D eigenvalue weighted by atomic mass is 16.3. The van der Waals surface area contributed by atoms with Gasteiger partial charge in [0.2, 0.25) is 0 Å². The quantitative estimate of drug-likeness (QED) is 0.853. The fourth-order valence-corrected chi connectivity index (χ4v) is 2.68. The van der Waals surface area contributed by atoms with Crippen LogP contribution in [-0.4, -0.2) is 24.5 Å². The Balaban J connectivity index is 1.85. The lowest BCUT2D eigenvalue weighted by Gasteiger charge is -2.31. The number of furan rings is 1. The number of hydrogen-bond acceptors (Lipinski definition) is 3. The molecule has 0 radical (unpaired) electrons. The summed E-state index contributed by atoms with van der Waals surface area (Å²) in [5, 5.41) is 0. The molecule has 0 amide bonds. The Bertz CT molecular complexity index is 333. The van der Waals surface area contributed by atoms with Gasteiger partial charge in [0.25, 0.3) is 0 Å². The van der Waals surface area contributed by atoms with Gasteiger partial charge in [0.05, 0.1) is 6.54 Å². The fraction of sp³-hybridized carbons (Fsp3) is 0.714. The SMILES string of the molecule is CCc1ccc(CN2CCCC(CCN)C2)o1. The number of nitrogens with two attached hydrogens (primary N) is 1. The smallest absolute Gasteiger partial charge is 0.118 e. The second kappa shape index (κ2) is 6.22. The first-order valence-electron chi connectivity index (χ1n) is 6.81. The van der Waals surface area contributed by atoms with Crippen molar-refractivity contribution < 1.29 is 4.42 Å². The molecular weight excluding hydrogens is 212 g/mol. The van der Waals surface area contributed by atoms with Gasteiger partial charge in [-0.2, -0.15) is 0 Å². The highest BCUT2D eigenvalue weighted by molar-refractivity contribution is 5.07. The van der Waals surface area contributed by atoms with Crippen LogP contribution in [0.1, 0.15) is 37.7 Å². The first kappa shape index (κ1) is 12.7. The molecule has 1 fully saturated rings. The van der Waals surface area contributed by atoms with Crippen molar-refractivity contribution in [3.63, 3.8) is 0 Å². The molecule has 2 rings (SSSR count). The van der Waals surface area contributed by atoms with E-state index in [0.29, 0.717) is 0 Å². The second-order valence-corrected chi connectivity index (χ2v) is 5.04. The average molecular weight is 236 g/mol. The van der Waals surface area contributed by atoms with E-state index < -0.39 is 0 Å². The fourth-order valence-electron chi connectivity index (χ4n) is 2.68. The van der Waals surface area contributed by atoms with Crippen LogP contribution in [0, 0.1) is 5.92 Å². The minimum absolute atomic E-state index is 0.786. The molecule has 1 saturated heterocycles. The van der Waals surface area contributed by atoms with Crippen molar-refractivity contribution in [2.45, 2.75) is 39.2 Å². The van der Waals surface area contributed by atoms with Gasteiger partial charge in [-0.3, -0.25) is 4.90 Å². The van der Waals surface area contributed by atoms with E-state index in [1.807, 2.05) is 0 Å². The van der Waals surface area contributed by atoms with E-state index in [9.17, 15) is 0 Å². The molecule has 0 bridgehead atoms. The summed E-state index contributed by atoms with van der Waals surface area (Å²) < 4.78 is 5.76. The normalized spacial score (nSPS) is 21.9. The van der Waals surface area contributed by atoms with Gasteiger partial charge in [0.15, 0.2) is 0 Å². The minimum atomic E-state index is 0.786. The van der Waals surface area contributed by atoms with E-state index in [0.717, 1.165) is 43.4 Å². The molecule has 1 aromatic rings. The molecule has 0 saturated carbocycles. The monoisotopic (exact) mass is 236 g/mol. The summed E-state index contributed by atoms with van der Waals surface area (Å²) in [7, 11) is 0. The summed E-state index contributed by atoms with van der Waals surface area (Å²) in [4.78, 5) is 2.50. The van der Waals surface area contributed by atoms with Crippen LogP contribution in [0.4, 0.5) is 0 Å². The summed E-state index contributed by atoms with van der Waals surface area (Å²) in [6.45, 7) is 6.28. The van der Waals surface area contributed by atoms with Crippen LogP contribution >= 0.6 is 0 Å². The number of nitrogens with zero attached hydrogens (tertiary/aromatic N) is 1. The van der Waals surface area contributed by atoms with Gasteiger partial charge >= 0.3 is 0 Å². The molecule has 0 spiro atoms. The van der Waals surface area contributed by atoms with Crippen LogP contribution < -0.4 is 5.73 Å². The summed E-state index contributed by atoms with van der Waals surface area (Å²) in [6.07, 6.45) is 4.78. The zero-order valence-electron chi connectivity index (χ0n) is 10.8. The van der Waals surface area contributed by atoms with E-state index in [1.54, 1.807) is 0 Å². The Morgan fingerprint density at radius 3 is 2.94 bits per heavy atom. The number of piperidine rings is 1. The Morgan fingerprint density at radius 2 is 2.24 bits per heavy atom. The van der Waals surface area contributed by atoms with Crippen molar-refractivity contribution in [2.24, 2.45) is 11.7 Å². The van der Waals surface area contributed by atoms with E-state index >= 15 is 0 Å². The first-order valence-corrected chi connectivity index (χ1v) is 6.81. The molecular formula is C14H24N2O. The van der Waals surface area contributed by atoms with Gasteiger partial charge < -0.3 is 10.2 Å². The molecule has 1 aliphatic heterocycles. The maximum atomic E-state index is 5.76. The van der Waals surface area contributed by atoms with Crippen LogP contribution in [0.3, 0.4) is 0 Å².